The molecule has 0 aliphatic heterocycles. The molecule has 1 rings (SSSR count). The van der Waals surface area contributed by atoms with E-state index in [1.54, 1.807) is 0 Å². The van der Waals surface area contributed by atoms with Crippen molar-refractivity contribution in [2.24, 2.45) is 0 Å². The highest BCUT2D eigenvalue weighted by Crippen LogP contribution is 2.29. The standard InChI is InChI=1S/C8H9ClFNOS/c1-13-4-12-8-3-7(11)6(10)2-5(8)9/h2-3H,4,11H2,1H3. The van der Waals surface area contributed by atoms with E-state index < -0.39 is 5.82 Å². The highest BCUT2D eigenvalue weighted by molar-refractivity contribution is 7.98. The van der Waals surface area contributed by atoms with E-state index in [-0.39, 0.29) is 10.7 Å². The fourth-order valence-corrected chi connectivity index (χ4v) is 1.23. The largest absolute Gasteiger partial charge is 0.481 e. The summed E-state index contributed by atoms with van der Waals surface area (Å²) in [7, 11) is 0. The molecule has 0 saturated carbocycles. The molecule has 0 bridgehead atoms. The van der Waals surface area contributed by atoms with Crippen LogP contribution in [-0.4, -0.2) is 12.2 Å². The van der Waals surface area contributed by atoms with E-state index >= 15 is 0 Å². The topological polar surface area (TPSA) is 35.2 Å². The highest BCUT2D eigenvalue weighted by Gasteiger charge is 2.06. The van der Waals surface area contributed by atoms with Gasteiger partial charge in [0.1, 0.15) is 17.5 Å². The molecule has 2 nitrogen and oxygen atoms in total. The number of benzene rings is 1. The second-order valence-electron chi connectivity index (χ2n) is 2.36. The second-order valence-corrected chi connectivity index (χ2v) is 3.58. The minimum Gasteiger partial charge on any atom is -0.481 e. The Morgan fingerprint density at radius 1 is 1.62 bits per heavy atom. The maximum Gasteiger partial charge on any atom is 0.147 e. The second kappa shape index (κ2) is 4.58. The van der Waals surface area contributed by atoms with Crippen molar-refractivity contribution >= 4 is 29.1 Å². The molecule has 0 aliphatic rings. The maximum absolute atomic E-state index is 12.8. The van der Waals surface area contributed by atoms with Crippen molar-refractivity contribution in [3.05, 3.63) is 23.0 Å². The van der Waals surface area contributed by atoms with E-state index in [1.807, 2.05) is 6.26 Å². The Balaban J connectivity index is 2.88. The summed E-state index contributed by atoms with van der Waals surface area (Å²) >= 11 is 7.21. The first-order chi connectivity index (χ1) is 6.15. The Kier molecular flexibility index (Phi) is 3.69. The van der Waals surface area contributed by atoms with E-state index in [0.717, 1.165) is 6.07 Å². The van der Waals surface area contributed by atoms with Crippen molar-refractivity contribution in [1.82, 2.24) is 0 Å². The molecule has 0 aliphatic carbocycles. The van der Waals surface area contributed by atoms with Crippen molar-refractivity contribution in [2.45, 2.75) is 0 Å². The summed E-state index contributed by atoms with van der Waals surface area (Å²) in [6.07, 6.45) is 1.89. The molecule has 13 heavy (non-hydrogen) atoms. The molecule has 0 aromatic heterocycles. The minimum atomic E-state index is -0.526. The highest BCUT2D eigenvalue weighted by atomic mass is 35.5. The predicted octanol–water partition coefficient (Wildman–Crippen LogP) is 2.76. The first-order valence-electron chi connectivity index (χ1n) is 3.51. The van der Waals surface area contributed by atoms with Gasteiger partial charge in [0.15, 0.2) is 0 Å². The molecule has 0 radical (unpaired) electrons. The van der Waals surface area contributed by atoms with Gasteiger partial charge in [-0.2, -0.15) is 0 Å². The van der Waals surface area contributed by atoms with E-state index in [2.05, 4.69) is 0 Å². The van der Waals surface area contributed by atoms with Gasteiger partial charge >= 0.3 is 0 Å². The lowest BCUT2D eigenvalue weighted by molar-refractivity contribution is 0.393. The Morgan fingerprint density at radius 2 is 2.31 bits per heavy atom. The quantitative estimate of drug-likeness (QED) is 0.630. The van der Waals surface area contributed by atoms with Gasteiger partial charge in [0.25, 0.3) is 0 Å². The van der Waals surface area contributed by atoms with Crippen LogP contribution in [0.1, 0.15) is 0 Å². The van der Waals surface area contributed by atoms with Gasteiger partial charge in [0.05, 0.1) is 10.7 Å². The number of nitrogen functional groups attached to an aromatic ring is 1. The van der Waals surface area contributed by atoms with Gasteiger partial charge in [0.2, 0.25) is 0 Å². The molecule has 0 spiro atoms. The van der Waals surface area contributed by atoms with Gasteiger partial charge in [-0.3, -0.25) is 0 Å². The number of hydrogen-bond donors (Lipinski definition) is 1. The molecule has 2 N–H and O–H groups in total. The molecule has 72 valence electrons. The molecule has 1 aromatic rings. The zero-order valence-electron chi connectivity index (χ0n) is 7.01. The van der Waals surface area contributed by atoms with Gasteiger partial charge < -0.3 is 10.5 Å². The monoisotopic (exact) mass is 221 g/mol. The minimum absolute atomic E-state index is 0.0421. The van der Waals surface area contributed by atoms with Crippen molar-refractivity contribution in [3.63, 3.8) is 0 Å². The van der Waals surface area contributed by atoms with Crippen LogP contribution in [0.25, 0.3) is 0 Å². The normalized spacial score (nSPS) is 10.1. The van der Waals surface area contributed by atoms with Crippen molar-refractivity contribution in [3.8, 4) is 5.75 Å². The van der Waals surface area contributed by atoms with Gasteiger partial charge in [-0.25, -0.2) is 4.39 Å². The number of halogens is 2. The average Bonchev–Trinajstić information content (AvgIpc) is 2.09. The Hall–Kier alpha value is -0.610. The van der Waals surface area contributed by atoms with Crippen molar-refractivity contribution in [1.29, 1.82) is 0 Å². The molecule has 0 unspecified atom stereocenters. The zero-order valence-corrected chi connectivity index (χ0v) is 8.58. The fraction of sp³-hybridized carbons (Fsp3) is 0.250. The molecule has 5 heteroatoms. The van der Waals surface area contributed by atoms with Crippen LogP contribution in [0.15, 0.2) is 12.1 Å². The van der Waals surface area contributed by atoms with E-state index in [0.29, 0.717) is 11.7 Å². The average molecular weight is 222 g/mol. The molecular weight excluding hydrogens is 213 g/mol. The third-order valence-electron chi connectivity index (χ3n) is 1.38. The zero-order chi connectivity index (χ0) is 9.84. The van der Waals surface area contributed by atoms with Crippen LogP contribution in [-0.2, 0) is 0 Å². The molecule has 0 amide bonds. The summed E-state index contributed by atoms with van der Waals surface area (Å²) in [6, 6.07) is 2.53. The molecule has 0 atom stereocenters. The Bertz CT molecular complexity index is 308. The summed E-state index contributed by atoms with van der Waals surface area (Å²) in [4.78, 5) is 0. The van der Waals surface area contributed by atoms with Crippen LogP contribution < -0.4 is 10.5 Å². The van der Waals surface area contributed by atoms with Crippen LogP contribution in [0.4, 0.5) is 10.1 Å². The molecule has 1 aromatic carbocycles. The summed E-state index contributed by atoms with van der Waals surface area (Å²) in [6.45, 7) is 0. The summed E-state index contributed by atoms with van der Waals surface area (Å²) < 4.78 is 18.0. The molecule has 0 saturated heterocycles. The first-order valence-corrected chi connectivity index (χ1v) is 5.28. The van der Waals surface area contributed by atoms with Crippen LogP contribution >= 0.6 is 23.4 Å². The number of hydrogen-bond acceptors (Lipinski definition) is 3. The fourth-order valence-electron chi connectivity index (χ4n) is 0.778. The SMILES string of the molecule is CSCOc1cc(N)c(F)cc1Cl. The van der Waals surface area contributed by atoms with Gasteiger partial charge in [-0.1, -0.05) is 11.6 Å². The van der Waals surface area contributed by atoms with Crippen molar-refractivity contribution in [2.75, 3.05) is 17.9 Å². The smallest absolute Gasteiger partial charge is 0.147 e. The Labute approximate surface area is 85.2 Å². The van der Waals surface area contributed by atoms with Crippen LogP contribution in [0, 0.1) is 5.82 Å². The number of rotatable bonds is 3. The van der Waals surface area contributed by atoms with E-state index in [1.165, 1.54) is 17.8 Å². The maximum atomic E-state index is 12.8. The van der Waals surface area contributed by atoms with Gasteiger partial charge in [-0.15, -0.1) is 11.8 Å². The van der Waals surface area contributed by atoms with Crippen LogP contribution in [0.3, 0.4) is 0 Å². The predicted molar refractivity (Wildman–Crippen MR) is 54.8 cm³/mol. The lowest BCUT2D eigenvalue weighted by Gasteiger charge is -2.07. The Morgan fingerprint density at radius 3 is 2.92 bits per heavy atom. The summed E-state index contributed by atoms with van der Waals surface area (Å²) in [5.74, 6) is 0.349. The first kappa shape index (κ1) is 10.5. The number of ether oxygens (including phenoxy) is 1. The number of thioether (sulfide) groups is 1. The number of nitrogens with two attached hydrogens (primary N) is 1. The van der Waals surface area contributed by atoms with E-state index in [4.69, 9.17) is 22.1 Å². The van der Waals surface area contributed by atoms with Crippen molar-refractivity contribution < 1.29 is 9.13 Å². The molecule has 0 heterocycles. The molecular formula is C8H9ClFNOS. The lowest BCUT2D eigenvalue weighted by atomic mass is 10.3. The third-order valence-corrected chi connectivity index (χ3v) is 2.03. The van der Waals surface area contributed by atoms with Crippen LogP contribution in [0.5, 0.6) is 5.75 Å². The summed E-state index contributed by atoms with van der Waals surface area (Å²) in [5.41, 5.74) is 5.38. The number of anilines is 1. The van der Waals surface area contributed by atoms with Gasteiger partial charge in [0, 0.05) is 6.07 Å². The van der Waals surface area contributed by atoms with Gasteiger partial charge in [-0.05, 0) is 12.3 Å². The molecule has 0 fully saturated rings. The van der Waals surface area contributed by atoms with E-state index in [9.17, 15) is 4.39 Å². The lowest BCUT2D eigenvalue weighted by Crippen LogP contribution is -1.96. The van der Waals surface area contributed by atoms with Crippen LogP contribution in [0.2, 0.25) is 5.02 Å². The third kappa shape index (κ3) is 2.67. The summed E-state index contributed by atoms with van der Waals surface area (Å²) in [5, 5.41) is 0.237.